The van der Waals surface area contributed by atoms with Crippen molar-refractivity contribution in [3.63, 3.8) is 0 Å². The molecule has 4 aromatic rings. The van der Waals surface area contributed by atoms with Gasteiger partial charge in [-0.05, 0) is 29.3 Å². The van der Waals surface area contributed by atoms with Crippen molar-refractivity contribution >= 4 is 28.3 Å². The molecule has 0 aliphatic carbocycles. The molecule has 1 unspecified atom stereocenters. The SMILES string of the molecule is O=C(C1=C(O)C(=O)N(Cc2cccnc2)C1c1cccc([N+](=O)[O-])c1)c1cc2ccccc2o1. The average molecular weight is 455 g/mol. The lowest BCUT2D eigenvalue weighted by Crippen LogP contribution is -2.30. The number of aromatic nitrogens is 1. The molecule has 3 heterocycles. The summed E-state index contributed by atoms with van der Waals surface area (Å²) in [6.07, 6.45) is 3.15. The van der Waals surface area contributed by atoms with Gasteiger partial charge in [-0.2, -0.15) is 0 Å². The van der Waals surface area contributed by atoms with Crippen LogP contribution in [-0.2, 0) is 11.3 Å². The maximum atomic E-state index is 13.5. The highest BCUT2D eigenvalue weighted by molar-refractivity contribution is 6.16. The maximum Gasteiger partial charge on any atom is 0.290 e. The molecule has 1 aliphatic heterocycles. The Morgan fingerprint density at radius 3 is 2.68 bits per heavy atom. The monoisotopic (exact) mass is 455 g/mol. The number of nitro groups is 1. The van der Waals surface area contributed by atoms with E-state index in [1.54, 1.807) is 54.9 Å². The molecule has 0 radical (unpaired) electrons. The third-order valence-corrected chi connectivity index (χ3v) is 5.67. The van der Waals surface area contributed by atoms with Gasteiger partial charge in [0.15, 0.2) is 11.5 Å². The molecule has 168 valence electrons. The Labute approximate surface area is 192 Å². The van der Waals surface area contributed by atoms with Crippen molar-refractivity contribution < 1.29 is 24.0 Å². The van der Waals surface area contributed by atoms with E-state index in [4.69, 9.17) is 4.42 Å². The third-order valence-electron chi connectivity index (χ3n) is 5.67. The highest BCUT2D eigenvalue weighted by atomic mass is 16.6. The van der Waals surface area contributed by atoms with E-state index >= 15 is 0 Å². The number of furan rings is 1. The predicted octanol–water partition coefficient (Wildman–Crippen LogP) is 4.51. The molecule has 1 N–H and O–H groups in total. The summed E-state index contributed by atoms with van der Waals surface area (Å²) in [5.74, 6) is -2.20. The number of non-ortho nitro benzene ring substituents is 1. The standard InChI is InChI=1S/C25H17N3O6/c29-23(20-12-16-6-1-2-9-19(16)34-20)21-22(17-7-3-8-18(11-17)28(32)33)27(25(31)24(21)30)14-15-5-4-10-26-13-15/h1-13,22,30H,14H2. The van der Waals surface area contributed by atoms with Crippen LogP contribution < -0.4 is 0 Å². The molecule has 34 heavy (non-hydrogen) atoms. The average Bonchev–Trinajstić information content (AvgIpc) is 3.39. The van der Waals surface area contributed by atoms with Crippen LogP contribution in [0.4, 0.5) is 5.69 Å². The quantitative estimate of drug-likeness (QED) is 0.257. The summed E-state index contributed by atoms with van der Waals surface area (Å²) >= 11 is 0. The van der Waals surface area contributed by atoms with Crippen molar-refractivity contribution in [1.82, 2.24) is 9.88 Å². The molecule has 1 amide bonds. The van der Waals surface area contributed by atoms with E-state index in [1.165, 1.54) is 29.2 Å². The van der Waals surface area contributed by atoms with E-state index < -0.39 is 28.4 Å². The normalized spacial score (nSPS) is 15.8. The number of carbonyl (C=O) groups excluding carboxylic acids is 2. The number of aliphatic hydroxyl groups excluding tert-OH is 1. The Balaban J connectivity index is 1.63. The zero-order valence-electron chi connectivity index (χ0n) is 17.6. The van der Waals surface area contributed by atoms with Crippen LogP contribution in [0.1, 0.15) is 27.7 Å². The van der Waals surface area contributed by atoms with Gasteiger partial charge >= 0.3 is 0 Å². The lowest BCUT2D eigenvalue weighted by Gasteiger charge is -2.26. The lowest BCUT2D eigenvalue weighted by molar-refractivity contribution is -0.384. The number of nitro benzene ring substituents is 1. The van der Waals surface area contributed by atoms with Gasteiger partial charge < -0.3 is 14.4 Å². The molecule has 9 heteroatoms. The highest BCUT2D eigenvalue weighted by Gasteiger charge is 2.45. The number of hydrogen-bond acceptors (Lipinski definition) is 7. The molecule has 2 aromatic heterocycles. The van der Waals surface area contributed by atoms with Crippen molar-refractivity contribution in [2.45, 2.75) is 12.6 Å². The van der Waals surface area contributed by atoms with Crippen LogP contribution in [0.5, 0.6) is 0 Å². The summed E-state index contributed by atoms with van der Waals surface area (Å²) in [4.78, 5) is 42.8. The first-order chi connectivity index (χ1) is 16.4. The molecule has 1 atom stereocenters. The van der Waals surface area contributed by atoms with Crippen LogP contribution in [0, 0.1) is 10.1 Å². The smallest absolute Gasteiger partial charge is 0.290 e. The van der Waals surface area contributed by atoms with E-state index in [0.29, 0.717) is 22.1 Å². The first kappa shape index (κ1) is 21.1. The molecular formula is C25H17N3O6. The van der Waals surface area contributed by atoms with Gasteiger partial charge in [0, 0.05) is 36.5 Å². The lowest BCUT2D eigenvalue weighted by atomic mass is 9.94. The summed E-state index contributed by atoms with van der Waals surface area (Å²) < 4.78 is 5.68. The van der Waals surface area contributed by atoms with Crippen LogP contribution in [0.2, 0.25) is 0 Å². The van der Waals surface area contributed by atoms with Crippen molar-refractivity contribution in [3.8, 4) is 0 Å². The van der Waals surface area contributed by atoms with E-state index in [1.807, 2.05) is 0 Å². The molecule has 0 spiro atoms. The first-order valence-corrected chi connectivity index (χ1v) is 10.3. The maximum absolute atomic E-state index is 13.5. The zero-order valence-corrected chi connectivity index (χ0v) is 17.6. The molecule has 9 nitrogen and oxygen atoms in total. The second kappa shape index (κ2) is 8.28. The second-order valence-electron chi connectivity index (χ2n) is 7.79. The number of nitrogens with zero attached hydrogens (tertiary/aromatic N) is 3. The van der Waals surface area contributed by atoms with E-state index in [2.05, 4.69) is 4.98 Å². The van der Waals surface area contributed by atoms with E-state index in [9.17, 15) is 24.8 Å². The van der Waals surface area contributed by atoms with Gasteiger partial charge in [0.2, 0.25) is 5.78 Å². The van der Waals surface area contributed by atoms with Crippen LogP contribution in [0.15, 0.2) is 94.9 Å². The number of Topliss-reactive ketones (excluding diaryl/α,β-unsaturated/α-hetero) is 1. The minimum absolute atomic E-state index is 0.0288. The van der Waals surface area contributed by atoms with Gasteiger partial charge in [-0.25, -0.2) is 0 Å². The summed E-state index contributed by atoms with van der Waals surface area (Å²) in [5.41, 5.74) is 1.06. The number of hydrogen-bond donors (Lipinski definition) is 1. The van der Waals surface area contributed by atoms with Crippen LogP contribution in [0.3, 0.4) is 0 Å². The number of aliphatic hydroxyl groups is 1. The van der Waals surface area contributed by atoms with Gasteiger partial charge in [-0.1, -0.05) is 36.4 Å². The molecule has 0 saturated heterocycles. The Kier molecular flexibility index (Phi) is 5.14. The predicted molar refractivity (Wildman–Crippen MR) is 121 cm³/mol. The minimum Gasteiger partial charge on any atom is -0.503 e. The van der Waals surface area contributed by atoms with E-state index in [-0.39, 0.29) is 23.6 Å². The third kappa shape index (κ3) is 3.58. The molecule has 2 aromatic carbocycles. The van der Waals surface area contributed by atoms with Crippen LogP contribution in [0.25, 0.3) is 11.0 Å². The molecule has 1 aliphatic rings. The van der Waals surface area contributed by atoms with Crippen molar-refractivity contribution in [3.05, 3.63) is 117 Å². The minimum atomic E-state index is -1.06. The molecule has 0 bridgehead atoms. The Morgan fingerprint density at radius 2 is 1.94 bits per heavy atom. The van der Waals surface area contributed by atoms with Crippen molar-refractivity contribution in [1.29, 1.82) is 0 Å². The number of ketones is 1. The fourth-order valence-electron chi connectivity index (χ4n) is 4.12. The highest BCUT2D eigenvalue weighted by Crippen LogP contribution is 2.41. The van der Waals surface area contributed by atoms with Crippen molar-refractivity contribution in [2.24, 2.45) is 0 Å². The summed E-state index contributed by atoms with van der Waals surface area (Å²) in [6.45, 7) is 0.0288. The Morgan fingerprint density at radius 1 is 1.12 bits per heavy atom. The summed E-state index contributed by atoms with van der Waals surface area (Å²) in [5, 5.41) is 22.9. The first-order valence-electron chi connectivity index (χ1n) is 10.3. The summed E-state index contributed by atoms with van der Waals surface area (Å²) in [6, 6.07) is 16.6. The number of rotatable bonds is 6. The topological polar surface area (TPSA) is 127 Å². The Hall–Kier alpha value is -4.79. The van der Waals surface area contributed by atoms with Crippen molar-refractivity contribution in [2.75, 3.05) is 0 Å². The van der Waals surface area contributed by atoms with E-state index in [0.717, 1.165) is 0 Å². The Bertz CT molecular complexity index is 1440. The number of carbonyl (C=O) groups is 2. The number of fused-ring (bicyclic) bond motifs is 1. The fourth-order valence-corrected chi connectivity index (χ4v) is 4.12. The molecule has 5 rings (SSSR count). The zero-order chi connectivity index (χ0) is 23.8. The largest absolute Gasteiger partial charge is 0.503 e. The number of benzene rings is 2. The summed E-state index contributed by atoms with van der Waals surface area (Å²) in [7, 11) is 0. The number of pyridine rings is 1. The van der Waals surface area contributed by atoms with Crippen LogP contribution in [-0.4, -0.2) is 31.6 Å². The second-order valence-corrected chi connectivity index (χ2v) is 7.79. The van der Waals surface area contributed by atoms with Crippen LogP contribution >= 0.6 is 0 Å². The molecular weight excluding hydrogens is 438 g/mol. The van der Waals surface area contributed by atoms with Gasteiger partial charge in [0.1, 0.15) is 5.58 Å². The van der Waals surface area contributed by atoms with Gasteiger partial charge in [-0.3, -0.25) is 24.7 Å². The number of para-hydroxylation sites is 1. The fraction of sp³-hybridized carbons (Fsp3) is 0.0800. The van der Waals surface area contributed by atoms with Gasteiger partial charge in [-0.15, -0.1) is 0 Å². The number of amides is 1. The molecule has 0 fully saturated rings. The van der Waals surface area contributed by atoms with Gasteiger partial charge in [0.25, 0.3) is 11.6 Å². The molecule has 0 saturated carbocycles. The van der Waals surface area contributed by atoms with Gasteiger partial charge in [0.05, 0.1) is 16.5 Å².